The number of hydrogen-bond acceptors (Lipinski definition) is 7. The number of nitrogens with zero attached hydrogens (tertiary/aromatic N) is 1. The number of aryl methyl sites for hydroxylation is 1. The van der Waals surface area contributed by atoms with Crippen molar-refractivity contribution in [2.24, 2.45) is 4.99 Å². The number of amides is 1. The summed E-state index contributed by atoms with van der Waals surface area (Å²) in [6.45, 7) is 6.01. The Labute approximate surface area is 236 Å². The minimum Gasteiger partial charge on any atom is -0.506 e. The van der Waals surface area contributed by atoms with Crippen molar-refractivity contribution in [3.05, 3.63) is 111 Å². The van der Waals surface area contributed by atoms with Crippen LogP contribution in [0.4, 0.5) is 4.39 Å². The van der Waals surface area contributed by atoms with Crippen molar-refractivity contribution in [3.63, 3.8) is 0 Å². The summed E-state index contributed by atoms with van der Waals surface area (Å²) in [5.74, 6) is -1.08. The number of benzene rings is 3. The van der Waals surface area contributed by atoms with E-state index in [2.05, 4.69) is 4.99 Å². The SMILES string of the molecule is CCOC(=O)C1=C(O)/C(=C/c2ccc(OCc3cccc(F)c3)c(OCC)c2)SC1=NC(=O)c1ccc(C)cc1. The van der Waals surface area contributed by atoms with E-state index in [1.165, 1.54) is 12.1 Å². The van der Waals surface area contributed by atoms with E-state index in [9.17, 15) is 19.1 Å². The molecular formula is C31H28FNO6S. The molecule has 0 saturated carbocycles. The number of halogens is 1. The Kier molecular flexibility index (Phi) is 9.39. The maximum atomic E-state index is 13.5. The van der Waals surface area contributed by atoms with Crippen LogP contribution in [0.5, 0.6) is 11.5 Å². The van der Waals surface area contributed by atoms with Gasteiger partial charge in [-0.25, -0.2) is 14.2 Å². The lowest BCUT2D eigenvalue weighted by Crippen LogP contribution is -2.14. The van der Waals surface area contributed by atoms with Crippen LogP contribution in [0.3, 0.4) is 0 Å². The van der Waals surface area contributed by atoms with Gasteiger partial charge in [-0.15, -0.1) is 0 Å². The van der Waals surface area contributed by atoms with Gasteiger partial charge < -0.3 is 19.3 Å². The number of aliphatic hydroxyl groups is 1. The third kappa shape index (κ3) is 6.98. The van der Waals surface area contributed by atoms with Crippen LogP contribution in [0, 0.1) is 12.7 Å². The first kappa shape index (κ1) is 28.6. The molecule has 0 atom stereocenters. The molecule has 0 aliphatic carbocycles. The lowest BCUT2D eigenvalue weighted by Gasteiger charge is -2.13. The van der Waals surface area contributed by atoms with E-state index in [-0.39, 0.29) is 35.4 Å². The first-order valence-electron chi connectivity index (χ1n) is 12.6. The minimum absolute atomic E-state index is 0.0489. The lowest BCUT2D eigenvalue weighted by atomic mass is 10.1. The molecule has 4 rings (SSSR count). The van der Waals surface area contributed by atoms with Crippen LogP contribution in [0.1, 0.15) is 40.9 Å². The first-order chi connectivity index (χ1) is 19.3. The monoisotopic (exact) mass is 561 g/mol. The molecule has 1 heterocycles. The Bertz CT molecular complexity index is 1510. The minimum atomic E-state index is -0.776. The fraction of sp³-hybridized carbons (Fsp3) is 0.194. The van der Waals surface area contributed by atoms with Crippen molar-refractivity contribution < 1.29 is 33.3 Å². The van der Waals surface area contributed by atoms with Gasteiger partial charge in [0.1, 0.15) is 28.8 Å². The first-order valence-corrected chi connectivity index (χ1v) is 13.4. The normalized spacial score (nSPS) is 15.0. The molecule has 1 aliphatic heterocycles. The largest absolute Gasteiger partial charge is 0.506 e. The number of esters is 1. The van der Waals surface area contributed by atoms with Gasteiger partial charge in [0.05, 0.1) is 18.1 Å². The van der Waals surface area contributed by atoms with Gasteiger partial charge in [0.15, 0.2) is 11.5 Å². The second kappa shape index (κ2) is 13.1. The molecule has 0 saturated heterocycles. The Morgan fingerprint density at radius 3 is 2.45 bits per heavy atom. The fourth-order valence-corrected chi connectivity index (χ4v) is 4.80. The molecule has 0 radical (unpaired) electrons. The second-order valence-electron chi connectivity index (χ2n) is 8.70. The summed E-state index contributed by atoms with van der Waals surface area (Å²) in [5, 5.41) is 11.0. The highest BCUT2D eigenvalue weighted by molar-refractivity contribution is 8.18. The average molecular weight is 562 g/mol. The van der Waals surface area contributed by atoms with Crippen LogP contribution in [0.25, 0.3) is 6.08 Å². The summed E-state index contributed by atoms with van der Waals surface area (Å²) in [6.07, 6.45) is 1.65. The van der Waals surface area contributed by atoms with Gasteiger partial charge in [0.2, 0.25) is 0 Å². The van der Waals surface area contributed by atoms with Crippen molar-refractivity contribution in [2.75, 3.05) is 13.2 Å². The third-order valence-corrected chi connectivity index (χ3v) is 6.74. The van der Waals surface area contributed by atoms with E-state index in [0.29, 0.717) is 39.7 Å². The summed E-state index contributed by atoms with van der Waals surface area (Å²) < 4.78 is 30.3. The van der Waals surface area contributed by atoms with Crippen LogP contribution >= 0.6 is 11.8 Å². The van der Waals surface area contributed by atoms with Gasteiger partial charge in [0, 0.05) is 5.56 Å². The van der Waals surface area contributed by atoms with Crippen molar-refractivity contribution in [2.45, 2.75) is 27.4 Å². The average Bonchev–Trinajstić information content (AvgIpc) is 3.23. The van der Waals surface area contributed by atoms with Gasteiger partial charge in [-0.1, -0.05) is 47.7 Å². The van der Waals surface area contributed by atoms with E-state index in [0.717, 1.165) is 17.3 Å². The van der Waals surface area contributed by atoms with E-state index in [1.54, 1.807) is 67.6 Å². The van der Waals surface area contributed by atoms with Crippen LogP contribution in [0.2, 0.25) is 0 Å². The van der Waals surface area contributed by atoms with Crippen LogP contribution in [0.15, 0.2) is 88.0 Å². The van der Waals surface area contributed by atoms with E-state index >= 15 is 0 Å². The maximum Gasteiger partial charge on any atom is 0.344 e. The number of ether oxygens (including phenoxy) is 3. The molecule has 3 aromatic rings. The molecule has 7 nitrogen and oxygen atoms in total. The van der Waals surface area contributed by atoms with Crippen LogP contribution < -0.4 is 9.47 Å². The molecule has 40 heavy (non-hydrogen) atoms. The molecule has 1 N–H and O–H groups in total. The quantitative estimate of drug-likeness (QED) is 0.287. The van der Waals surface area contributed by atoms with Gasteiger partial charge in [0.25, 0.3) is 5.91 Å². The standard InChI is InChI=1S/C31H28FNO6S/c1-4-37-25-16-20(11-14-24(25)39-18-21-7-6-8-23(32)15-21)17-26-28(34)27(31(36)38-5-2)30(40-26)33-29(35)22-12-9-19(3)10-13-22/h6-17,34H,4-5,18H2,1-3H3/b26-17-,33-30?. The molecule has 9 heteroatoms. The zero-order valence-corrected chi connectivity index (χ0v) is 23.1. The number of carbonyl (C=O) groups is 2. The Morgan fingerprint density at radius 2 is 1.75 bits per heavy atom. The van der Waals surface area contributed by atoms with E-state index in [1.807, 2.05) is 13.8 Å². The topological polar surface area (TPSA) is 94.4 Å². The molecule has 1 amide bonds. The molecule has 0 aromatic heterocycles. The summed E-state index contributed by atoms with van der Waals surface area (Å²) in [5.41, 5.74) is 2.49. The van der Waals surface area contributed by atoms with Crippen LogP contribution in [-0.2, 0) is 16.1 Å². The van der Waals surface area contributed by atoms with Crippen LogP contribution in [-0.4, -0.2) is 35.2 Å². The van der Waals surface area contributed by atoms with Gasteiger partial charge in [-0.05, 0) is 74.4 Å². The molecule has 206 valence electrons. The Hall–Kier alpha value is -4.37. The zero-order valence-electron chi connectivity index (χ0n) is 22.3. The molecule has 0 fully saturated rings. The Morgan fingerprint density at radius 1 is 0.975 bits per heavy atom. The number of aliphatic imine (C=N–C) groups is 1. The molecular weight excluding hydrogens is 533 g/mol. The molecule has 0 unspecified atom stereocenters. The van der Waals surface area contributed by atoms with E-state index in [4.69, 9.17) is 14.2 Å². The molecule has 0 spiro atoms. The predicted molar refractivity (Wildman–Crippen MR) is 153 cm³/mol. The van der Waals surface area contributed by atoms with Gasteiger partial charge >= 0.3 is 5.97 Å². The number of aliphatic hydroxyl groups excluding tert-OH is 1. The summed E-state index contributed by atoms with van der Waals surface area (Å²) in [6, 6.07) is 18.2. The van der Waals surface area contributed by atoms with Crippen molar-refractivity contribution in [3.8, 4) is 11.5 Å². The fourth-order valence-electron chi connectivity index (χ4n) is 3.79. The zero-order chi connectivity index (χ0) is 28.6. The summed E-state index contributed by atoms with van der Waals surface area (Å²) in [7, 11) is 0. The molecule has 3 aromatic carbocycles. The summed E-state index contributed by atoms with van der Waals surface area (Å²) >= 11 is 0.992. The number of carbonyl (C=O) groups excluding carboxylic acids is 2. The smallest absolute Gasteiger partial charge is 0.344 e. The highest BCUT2D eigenvalue weighted by atomic mass is 32.2. The number of rotatable bonds is 9. The van der Waals surface area contributed by atoms with Gasteiger partial charge in [-0.2, -0.15) is 0 Å². The molecule has 1 aliphatic rings. The van der Waals surface area contributed by atoms with Crippen molar-refractivity contribution >= 4 is 34.8 Å². The predicted octanol–water partition coefficient (Wildman–Crippen LogP) is 6.81. The highest BCUT2D eigenvalue weighted by Gasteiger charge is 2.34. The highest BCUT2D eigenvalue weighted by Crippen LogP contribution is 2.40. The number of hydrogen-bond donors (Lipinski definition) is 1. The van der Waals surface area contributed by atoms with Gasteiger partial charge in [-0.3, -0.25) is 4.79 Å². The lowest BCUT2D eigenvalue weighted by molar-refractivity contribution is -0.138. The maximum absolute atomic E-state index is 13.5. The van der Waals surface area contributed by atoms with Crippen molar-refractivity contribution in [1.82, 2.24) is 0 Å². The molecule has 0 bridgehead atoms. The number of thioether (sulfide) groups is 1. The Balaban J connectivity index is 1.63. The third-order valence-electron chi connectivity index (χ3n) is 5.72. The summed E-state index contributed by atoms with van der Waals surface area (Å²) in [4.78, 5) is 30.0. The van der Waals surface area contributed by atoms with E-state index < -0.39 is 11.9 Å². The second-order valence-corrected chi connectivity index (χ2v) is 9.73. The van der Waals surface area contributed by atoms with Crippen molar-refractivity contribution in [1.29, 1.82) is 0 Å².